The highest BCUT2D eigenvalue weighted by Gasteiger charge is 2.33. The Bertz CT molecular complexity index is 1200. The number of hydrogen-bond donors (Lipinski definition) is 2. The first kappa shape index (κ1) is 25.9. The highest BCUT2D eigenvalue weighted by atomic mass is 35.5. The molecule has 2 aromatic carbocycles. The third kappa shape index (κ3) is 5.96. The number of aliphatic imine (C=N–C) groups is 1. The fraction of sp³-hybridized carbons (Fsp3) is 0.385. The van der Waals surface area contributed by atoms with E-state index >= 15 is 0 Å². The van der Waals surface area contributed by atoms with E-state index in [-0.39, 0.29) is 23.2 Å². The molecule has 2 aromatic rings. The van der Waals surface area contributed by atoms with Gasteiger partial charge in [0.1, 0.15) is 5.60 Å². The monoisotopic (exact) mass is 527 g/mol. The minimum Gasteiger partial charge on any atom is -0.444 e. The molecule has 0 saturated carbocycles. The van der Waals surface area contributed by atoms with Gasteiger partial charge in [-0.05, 0) is 57.6 Å². The first-order valence-corrected chi connectivity index (χ1v) is 12.6. The number of carbonyl (C=O) groups is 2. The van der Waals surface area contributed by atoms with Crippen LogP contribution >= 0.6 is 23.8 Å². The number of hydrogen-bond acceptors (Lipinski definition) is 5. The standard InChI is InChI=1S/C26H30ClN5O3S/c1-26(2,3)35-25(34)32-13-12-18(15-32)28-24(36)30-22-23(33)31(4)20-11-10-17(27)14-19(20)21(29-22)16-8-6-5-7-9-16/h5-11,14,18,22H,12-13,15H2,1-4H3,(H2,28,30,36). The van der Waals surface area contributed by atoms with Gasteiger partial charge in [-0.25, -0.2) is 9.79 Å². The van der Waals surface area contributed by atoms with Crippen LogP contribution in [0.4, 0.5) is 10.5 Å². The van der Waals surface area contributed by atoms with Crippen LogP contribution < -0.4 is 15.5 Å². The number of likely N-dealkylation sites (N-methyl/N-ethyl adjacent to an activating group) is 1. The van der Waals surface area contributed by atoms with E-state index in [1.54, 1.807) is 22.9 Å². The van der Waals surface area contributed by atoms with Crippen molar-refractivity contribution in [3.05, 3.63) is 64.7 Å². The average molecular weight is 528 g/mol. The molecule has 8 nitrogen and oxygen atoms in total. The Morgan fingerprint density at radius 3 is 2.58 bits per heavy atom. The van der Waals surface area contributed by atoms with Gasteiger partial charge in [-0.3, -0.25) is 4.79 Å². The van der Waals surface area contributed by atoms with Gasteiger partial charge in [-0.1, -0.05) is 41.9 Å². The number of nitrogens with zero attached hydrogens (tertiary/aromatic N) is 3. The van der Waals surface area contributed by atoms with Crippen LogP contribution in [0.15, 0.2) is 53.5 Å². The summed E-state index contributed by atoms with van der Waals surface area (Å²) in [6.07, 6.45) is -0.582. The molecule has 0 aromatic heterocycles. The molecule has 2 N–H and O–H groups in total. The SMILES string of the molecule is CN1C(=O)C(NC(=S)NC2CCN(C(=O)OC(C)(C)C)C2)N=C(c2ccccc2)c2cc(Cl)ccc21. The minimum absolute atomic E-state index is 0.0651. The zero-order chi connectivity index (χ0) is 26.0. The van der Waals surface area contributed by atoms with Crippen molar-refractivity contribution in [1.82, 2.24) is 15.5 Å². The van der Waals surface area contributed by atoms with Crippen molar-refractivity contribution in [1.29, 1.82) is 0 Å². The van der Waals surface area contributed by atoms with Crippen molar-refractivity contribution in [2.45, 2.75) is 45.0 Å². The fourth-order valence-electron chi connectivity index (χ4n) is 4.19. The predicted octanol–water partition coefficient (Wildman–Crippen LogP) is 3.95. The highest BCUT2D eigenvalue weighted by Crippen LogP contribution is 2.30. The zero-order valence-electron chi connectivity index (χ0n) is 20.7. The Labute approximate surface area is 221 Å². The van der Waals surface area contributed by atoms with Gasteiger partial charge in [0.2, 0.25) is 6.17 Å². The van der Waals surface area contributed by atoms with E-state index in [1.807, 2.05) is 63.2 Å². The lowest BCUT2D eigenvalue weighted by atomic mass is 10.0. The molecule has 2 aliphatic heterocycles. The van der Waals surface area contributed by atoms with Crippen LogP contribution in [0.3, 0.4) is 0 Å². The summed E-state index contributed by atoms with van der Waals surface area (Å²) < 4.78 is 5.46. The van der Waals surface area contributed by atoms with Crippen LogP contribution in [0.2, 0.25) is 5.02 Å². The number of nitrogens with one attached hydrogen (secondary N) is 2. The van der Waals surface area contributed by atoms with Crippen LogP contribution in [0.1, 0.15) is 38.3 Å². The molecule has 2 unspecified atom stereocenters. The lowest BCUT2D eigenvalue weighted by Crippen LogP contribution is -2.51. The lowest BCUT2D eigenvalue weighted by molar-refractivity contribution is -0.119. The number of fused-ring (bicyclic) bond motifs is 1. The average Bonchev–Trinajstić information content (AvgIpc) is 3.25. The Morgan fingerprint density at radius 2 is 1.89 bits per heavy atom. The highest BCUT2D eigenvalue weighted by molar-refractivity contribution is 7.80. The van der Waals surface area contributed by atoms with E-state index in [0.29, 0.717) is 35.9 Å². The first-order chi connectivity index (χ1) is 17.0. The molecular formula is C26H30ClN5O3S. The molecule has 0 bridgehead atoms. The summed E-state index contributed by atoms with van der Waals surface area (Å²) in [5, 5.41) is 7.14. The summed E-state index contributed by atoms with van der Waals surface area (Å²) in [6.45, 7) is 6.54. The van der Waals surface area contributed by atoms with Crippen molar-refractivity contribution >= 4 is 52.3 Å². The van der Waals surface area contributed by atoms with Gasteiger partial charge in [0.15, 0.2) is 5.11 Å². The van der Waals surface area contributed by atoms with E-state index in [4.69, 9.17) is 33.5 Å². The van der Waals surface area contributed by atoms with E-state index in [2.05, 4.69) is 10.6 Å². The second kappa shape index (κ2) is 10.4. The number of thiocarbonyl (C=S) groups is 1. The molecule has 0 spiro atoms. The molecule has 2 aliphatic rings. The first-order valence-electron chi connectivity index (χ1n) is 11.8. The number of likely N-dealkylation sites (tertiary alicyclic amines) is 1. The molecule has 2 heterocycles. The maximum absolute atomic E-state index is 13.4. The zero-order valence-corrected chi connectivity index (χ0v) is 22.3. The Morgan fingerprint density at radius 1 is 1.17 bits per heavy atom. The van der Waals surface area contributed by atoms with Gasteiger partial charge in [0.25, 0.3) is 5.91 Å². The van der Waals surface area contributed by atoms with Crippen molar-refractivity contribution in [2.24, 2.45) is 4.99 Å². The van der Waals surface area contributed by atoms with Gasteiger partial charge < -0.3 is 25.2 Å². The second-order valence-electron chi connectivity index (χ2n) is 9.83. The Kier molecular flexibility index (Phi) is 7.51. The maximum atomic E-state index is 13.4. The molecule has 0 radical (unpaired) electrons. The summed E-state index contributed by atoms with van der Waals surface area (Å²) in [7, 11) is 1.71. The van der Waals surface area contributed by atoms with Crippen LogP contribution in [-0.4, -0.2) is 65.7 Å². The van der Waals surface area contributed by atoms with Crippen LogP contribution in [-0.2, 0) is 9.53 Å². The molecule has 2 atom stereocenters. The van der Waals surface area contributed by atoms with Gasteiger partial charge >= 0.3 is 6.09 Å². The van der Waals surface area contributed by atoms with Gasteiger partial charge in [0, 0.05) is 42.3 Å². The summed E-state index contributed by atoms with van der Waals surface area (Å²) in [5.41, 5.74) is 2.42. The van der Waals surface area contributed by atoms with Gasteiger partial charge in [-0.15, -0.1) is 0 Å². The van der Waals surface area contributed by atoms with Crippen LogP contribution in [0.5, 0.6) is 0 Å². The quantitative estimate of drug-likeness (QED) is 0.588. The summed E-state index contributed by atoms with van der Waals surface area (Å²) in [4.78, 5) is 33.8. The predicted molar refractivity (Wildman–Crippen MR) is 146 cm³/mol. The Balaban J connectivity index is 1.52. The number of benzodiazepines with no additional fused rings is 1. The number of carbonyl (C=O) groups excluding carboxylic acids is 2. The van der Waals surface area contributed by atoms with Gasteiger partial charge in [0.05, 0.1) is 11.4 Å². The summed E-state index contributed by atoms with van der Waals surface area (Å²) in [5.74, 6) is -0.254. The number of ether oxygens (including phenoxy) is 1. The van der Waals surface area contributed by atoms with E-state index in [0.717, 1.165) is 11.1 Å². The smallest absolute Gasteiger partial charge is 0.410 e. The number of rotatable bonds is 3. The minimum atomic E-state index is -0.945. The molecule has 4 rings (SSSR count). The van der Waals surface area contributed by atoms with E-state index in [1.165, 1.54) is 0 Å². The summed E-state index contributed by atoms with van der Waals surface area (Å²) in [6, 6.07) is 15.0. The fourth-order valence-corrected chi connectivity index (χ4v) is 4.64. The van der Waals surface area contributed by atoms with Crippen molar-refractivity contribution in [2.75, 3.05) is 25.0 Å². The molecule has 1 saturated heterocycles. The number of halogens is 1. The van der Waals surface area contributed by atoms with Crippen molar-refractivity contribution in [3.8, 4) is 0 Å². The molecule has 2 amide bonds. The third-order valence-corrected chi connectivity index (χ3v) is 6.36. The second-order valence-corrected chi connectivity index (χ2v) is 10.7. The number of amides is 2. The number of anilines is 1. The summed E-state index contributed by atoms with van der Waals surface area (Å²) >= 11 is 11.9. The van der Waals surface area contributed by atoms with E-state index < -0.39 is 11.8 Å². The lowest BCUT2D eigenvalue weighted by Gasteiger charge is -2.25. The normalized spacial score (nSPS) is 19.8. The van der Waals surface area contributed by atoms with Crippen molar-refractivity contribution < 1.29 is 14.3 Å². The molecule has 1 fully saturated rings. The molecule has 190 valence electrons. The third-order valence-electron chi connectivity index (χ3n) is 5.89. The molecule has 0 aliphatic carbocycles. The molecular weight excluding hydrogens is 498 g/mol. The molecule has 10 heteroatoms. The molecule has 36 heavy (non-hydrogen) atoms. The number of benzene rings is 2. The van der Waals surface area contributed by atoms with Crippen LogP contribution in [0.25, 0.3) is 0 Å². The Hall–Kier alpha value is -3.17. The van der Waals surface area contributed by atoms with Crippen molar-refractivity contribution in [3.63, 3.8) is 0 Å². The van der Waals surface area contributed by atoms with E-state index in [9.17, 15) is 9.59 Å². The maximum Gasteiger partial charge on any atom is 0.410 e. The van der Waals surface area contributed by atoms with Crippen LogP contribution in [0, 0.1) is 0 Å². The largest absolute Gasteiger partial charge is 0.444 e. The van der Waals surface area contributed by atoms with Gasteiger partial charge in [-0.2, -0.15) is 0 Å². The topological polar surface area (TPSA) is 86.3 Å².